The molecule has 0 aliphatic carbocycles. The molecule has 7 heavy (non-hydrogen) atoms. The fourth-order valence-corrected chi connectivity index (χ4v) is 0.241. The summed E-state index contributed by atoms with van der Waals surface area (Å²) < 4.78 is 4.79. The molecule has 3 heteroatoms. The summed E-state index contributed by atoms with van der Waals surface area (Å²) in [5, 5.41) is 0. The van der Waals surface area contributed by atoms with Crippen LogP contribution in [0.25, 0.3) is 0 Å². The van der Waals surface area contributed by atoms with Crippen LogP contribution < -0.4 is 5.90 Å². The van der Waals surface area contributed by atoms with Crippen LogP contribution in [0.15, 0.2) is 0 Å². The Morgan fingerprint density at radius 3 is 2.57 bits per heavy atom. The Labute approximate surface area is 43.4 Å². The van der Waals surface area contributed by atoms with Crippen LogP contribution in [-0.2, 0) is 9.57 Å². The van der Waals surface area contributed by atoms with Crippen molar-refractivity contribution >= 4 is 0 Å². The van der Waals surface area contributed by atoms with Gasteiger partial charge in [-0.15, -0.1) is 0 Å². The van der Waals surface area contributed by atoms with E-state index in [4.69, 9.17) is 10.6 Å². The van der Waals surface area contributed by atoms with Crippen molar-refractivity contribution in [3.05, 3.63) is 0 Å². The second-order valence-electron chi connectivity index (χ2n) is 1.03. The van der Waals surface area contributed by atoms with Crippen LogP contribution in [0.4, 0.5) is 0 Å². The van der Waals surface area contributed by atoms with Crippen LogP contribution in [0.5, 0.6) is 0 Å². The second kappa shape index (κ2) is 5.88. The van der Waals surface area contributed by atoms with Crippen molar-refractivity contribution in [2.45, 2.75) is 6.92 Å². The lowest BCUT2D eigenvalue weighted by Crippen LogP contribution is -2.01. The van der Waals surface area contributed by atoms with E-state index in [1.165, 1.54) is 0 Å². The van der Waals surface area contributed by atoms with Gasteiger partial charge in [0, 0.05) is 12.5 Å². The summed E-state index contributed by atoms with van der Waals surface area (Å²) in [5.41, 5.74) is 0. The minimum atomic E-state index is 0.258. The summed E-state index contributed by atoms with van der Waals surface area (Å²) in [7, 11) is 0. The van der Waals surface area contributed by atoms with E-state index in [0.29, 0.717) is 13.2 Å². The lowest BCUT2D eigenvalue weighted by molar-refractivity contribution is 0.0433. The third kappa shape index (κ3) is 5.88. The molecule has 0 heterocycles. The lowest BCUT2D eigenvalue weighted by atomic mass is 10.7. The maximum atomic E-state index is 7.71. The molecule has 0 fully saturated rings. The first-order valence-corrected chi connectivity index (χ1v) is 2.26. The predicted molar refractivity (Wildman–Crippen MR) is 24.6 cm³/mol. The average Bonchev–Trinajstić information content (AvgIpc) is 1.69. The maximum Gasteiger partial charge on any atom is 0.0953 e. The van der Waals surface area contributed by atoms with Crippen molar-refractivity contribution in [2.24, 2.45) is 0 Å². The summed E-state index contributed by atoms with van der Waals surface area (Å²) >= 11 is 0. The van der Waals surface area contributed by atoms with Gasteiger partial charge >= 0.3 is 0 Å². The van der Waals surface area contributed by atoms with Gasteiger partial charge in [-0.3, -0.25) is 4.84 Å². The zero-order valence-corrected chi connectivity index (χ0v) is 4.39. The molecule has 0 unspecified atom stereocenters. The van der Waals surface area contributed by atoms with Gasteiger partial charge in [0.15, 0.2) is 0 Å². The molecule has 0 spiro atoms. The molecular formula is C4H9NO2. The van der Waals surface area contributed by atoms with Crippen molar-refractivity contribution in [1.29, 1.82) is 0 Å². The summed E-state index contributed by atoms with van der Waals surface area (Å²) in [5.74, 6) is 7.71. The van der Waals surface area contributed by atoms with Crippen molar-refractivity contribution in [2.75, 3.05) is 19.8 Å². The Bertz CT molecular complexity index is 28.9. The molecule has 0 aromatic carbocycles. The fourth-order valence-electron chi connectivity index (χ4n) is 0.241. The van der Waals surface area contributed by atoms with Gasteiger partial charge in [-0.2, -0.15) is 0 Å². The largest absolute Gasteiger partial charge is 0.379 e. The SMILES string of the molecule is CCOCCO[N]. The third-order valence-corrected chi connectivity index (χ3v) is 0.523. The van der Waals surface area contributed by atoms with Gasteiger partial charge in [0.05, 0.1) is 13.2 Å². The molecule has 0 N–H and O–H groups in total. The number of ether oxygens (including phenoxy) is 1. The topological polar surface area (TPSA) is 40.8 Å². The number of hydrogen-bond acceptors (Lipinski definition) is 2. The normalized spacial score (nSPS) is 9.43. The molecule has 0 amide bonds. The van der Waals surface area contributed by atoms with Gasteiger partial charge in [0.25, 0.3) is 0 Å². The summed E-state index contributed by atoms with van der Waals surface area (Å²) in [6.45, 7) is 3.28. The monoisotopic (exact) mass is 103 g/mol. The van der Waals surface area contributed by atoms with Gasteiger partial charge in [-0.1, -0.05) is 0 Å². The first-order valence-electron chi connectivity index (χ1n) is 2.26. The Kier molecular flexibility index (Phi) is 5.78. The van der Waals surface area contributed by atoms with E-state index in [0.717, 1.165) is 0 Å². The van der Waals surface area contributed by atoms with E-state index < -0.39 is 0 Å². The zero-order chi connectivity index (χ0) is 5.54. The standard InChI is InChI=1S/C4H9NO2/c1-2-6-3-4-7-5/h2-4H2,1H3. The Hall–Kier alpha value is -0.120. The molecule has 42 valence electrons. The highest BCUT2D eigenvalue weighted by Crippen LogP contribution is 1.70. The molecule has 3 nitrogen and oxygen atoms in total. The lowest BCUT2D eigenvalue weighted by Gasteiger charge is -1.93. The fraction of sp³-hybridized carbons (Fsp3) is 1.00. The van der Waals surface area contributed by atoms with Crippen LogP contribution in [-0.4, -0.2) is 19.8 Å². The predicted octanol–water partition coefficient (Wildman–Crippen LogP) is 0.0232. The Morgan fingerprint density at radius 1 is 1.43 bits per heavy atom. The molecule has 0 aliphatic rings. The Balaban J connectivity index is 2.45. The zero-order valence-electron chi connectivity index (χ0n) is 4.39. The highest BCUT2D eigenvalue weighted by atomic mass is 16.6. The highest BCUT2D eigenvalue weighted by Gasteiger charge is 1.80. The summed E-state index contributed by atoms with van der Waals surface area (Å²) in [6.07, 6.45) is 0. The molecule has 0 bridgehead atoms. The van der Waals surface area contributed by atoms with Crippen molar-refractivity contribution < 1.29 is 9.57 Å². The minimum Gasteiger partial charge on any atom is -0.379 e. The van der Waals surface area contributed by atoms with Gasteiger partial charge in [0.1, 0.15) is 0 Å². The van der Waals surface area contributed by atoms with Crippen molar-refractivity contribution in [1.82, 2.24) is 5.90 Å². The average molecular weight is 103 g/mol. The molecule has 0 aliphatic heterocycles. The smallest absolute Gasteiger partial charge is 0.0953 e. The quantitative estimate of drug-likeness (QED) is 0.372. The molecule has 2 radical (unpaired) electrons. The van der Waals surface area contributed by atoms with Gasteiger partial charge < -0.3 is 4.74 Å². The van der Waals surface area contributed by atoms with E-state index in [1.807, 2.05) is 6.92 Å². The van der Waals surface area contributed by atoms with Gasteiger partial charge in [0.2, 0.25) is 0 Å². The van der Waals surface area contributed by atoms with Gasteiger partial charge in [-0.05, 0) is 6.92 Å². The molecule has 0 rings (SSSR count). The van der Waals surface area contributed by atoms with E-state index in [-0.39, 0.29) is 6.61 Å². The first-order chi connectivity index (χ1) is 3.41. The van der Waals surface area contributed by atoms with Crippen LogP contribution in [0, 0.1) is 0 Å². The molecule has 0 saturated heterocycles. The first kappa shape index (κ1) is 6.88. The van der Waals surface area contributed by atoms with Crippen LogP contribution in [0.3, 0.4) is 0 Å². The molecule has 0 atom stereocenters. The van der Waals surface area contributed by atoms with Crippen molar-refractivity contribution in [3.8, 4) is 0 Å². The van der Waals surface area contributed by atoms with Gasteiger partial charge in [-0.25, -0.2) is 0 Å². The van der Waals surface area contributed by atoms with Crippen LogP contribution in [0.2, 0.25) is 0 Å². The van der Waals surface area contributed by atoms with Crippen LogP contribution >= 0.6 is 0 Å². The van der Waals surface area contributed by atoms with E-state index in [1.54, 1.807) is 0 Å². The molecule has 0 aromatic rings. The maximum absolute atomic E-state index is 7.71. The molecule has 0 aromatic heterocycles. The summed E-state index contributed by atoms with van der Waals surface area (Å²) in [6, 6.07) is 0. The summed E-state index contributed by atoms with van der Waals surface area (Å²) in [4.78, 5) is 3.72. The molecular weight excluding hydrogens is 94.0 g/mol. The van der Waals surface area contributed by atoms with E-state index >= 15 is 0 Å². The van der Waals surface area contributed by atoms with Crippen molar-refractivity contribution in [3.63, 3.8) is 0 Å². The highest BCUT2D eigenvalue weighted by molar-refractivity contribution is 4.20. The van der Waals surface area contributed by atoms with Crippen LogP contribution in [0.1, 0.15) is 6.92 Å². The third-order valence-electron chi connectivity index (χ3n) is 0.523. The molecule has 0 saturated carbocycles. The Morgan fingerprint density at radius 2 is 2.14 bits per heavy atom. The number of nitrogens with zero attached hydrogens (tertiary/aromatic N) is 1. The minimum absolute atomic E-state index is 0.258. The second-order valence-corrected chi connectivity index (χ2v) is 1.03. The van der Waals surface area contributed by atoms with E-state index in [9.17, 15) is 0 Å². The number of hydrogen-bond donors (Lipinski definition) is 0. The number of rotatable bonds is 4. The van der Waals surface area contributed by atoms with E-state index in [2.05, 4.69) is 4.84 Å².